The summed E-state index contributed by atoms with van der Waals surface area (Å²) < 4.78 is 11.8. The lowest BCUT2D eigenvalue weighted by Gasteiger charge is -2.14. The van der Waals surface area contributed by atoms with E-state index in [0.717, 1.165) is 17.1 Å². The average Bonchev–Trinajstić information content (AvgIpc) is 2.47. The molecule has 0 saturated heterocycles. The van der Waals surface area contributed by atoms with E-state index in [2.05, 4.69) is 5.73 Å². The van der Waals surface area contributed by atoms with Crippen molar-refractivity contribution in [3.8, 4) is 11.5 Å². The molecule has 0 saturated carbocycles. The monoisotopic (exact) mass is 284 g/mol. The largest absolute Gasteiger partial charge is 0.435 e. The maximum absolute atomic E-state index is 5.88. The van der Waals surface area contributed by atoms with Crippen molar-refractivity contribution in [2.45, 2.75) is 13.8 Å². The number of benzene rings is 2. The Hall–Kier alpha value is -2.01. The molecule has 0 N–H and O–H groups in total. The Morgan fingerprint density at radius 1 is 0.850 bits per heavy atom. The van der Waals surface area contributed by atoms with Gasteiger partial charge in [0.25, 0.3) is 0 Å². The van der Waals surface area contributed by atoms with Gasteiger partial charge < -0.3 is 9.05 Å². The second-order valence-electron chi connectivity index (χ2n) is 4.37. The number of para-hydroxylation sites is 2. The zero-order valence-corrected chi connectivity index (χ0v) is 12.5. The summed E-state index contributed by atoms with van der Waals surface area (Å²) in [6.45, 7) is 3.99. The molecule has 0 aliphatic carbocycles. The zero-order chi connectivity index (χ0) is 14.2. The molecule has 0 spiro atoms. The Bertz CT molecular complexity index is 541. The summed E-state index contributed by atoms with van der Waals surface area (Å²) in [4.78, 5) is 0. The third-order valence-electron chi connectivity index (χ3n) is 2.34. The van der Waals surface area contributed by atoms with E-state index in [1.807, 2.05) is 80.3 Å². The zero-order valence-electron chi connectivity index (χ0n) is 11.6. The van der Waals surface area contributed by atoms with Crippen LogP contribution in [0.3, 0.4) is 0 Å². The molecule has 2 aromatic carbocycles. The number of hydrogen-bond acceptors (Lipinski definition) is 2. The van der Waals surface area contributed by atoms with Gasteiger partial charge in [-0.15, -0.1) is 5.73 Å². The Kier molecular flexibility index (Phi) is 5.43. The van der Waals surface area contributed by atoms with E-state index in [4.69, 9.17) is 9.05 Å². The Labute approximate surface area is 121 Å². The molecule has 0 bridgehead atoms. The van der Waals surface area contributed by atoms with Crippen LogP contribution in [0.4, 0.5) is 0 Å². The molecule has 0 aliphatic heterocycles. The molecule has 0 radical (unpaired) electrons. The lowest BCUT2D eigenvalue weighted by atomic mass is 10.3. The van der Waals surface area contributed by atoms with Crippen molar-refractivity contribution in [3.05, 3.63) is 77.8 Å². The Morgan fingerprint density at radius 2 is 1.30 bits per heavy atom. The van der Waals surface area contributed by atoms with Crippen molar-refractivity contribution in [1.82, 2.24) is 0 Å². The van der Waals surface area contributed by atoms with Crippen molar-refractivity contribution in [2.75, 3.05) is 0 Å². The van der Waals surface area contributed by atoms with Crippen molar-refractivity contribution >= 4 is 8.38 Å². The third kappa shape index (κ3) is 4.93. The summed E-state index contributed by atoms with van der Waals surface area (Å²) in [5.74, 6) is 3.44. The van der Waals surface area contributed by atoms with Crippen molar-refractivity contribution in [2.24, 2.45) is 0 Å². The highest BCUT2D eigenvalue weighted by molar-refractivity contribution is 7.51. The molecule has 2 aromatic rings. The van der Waals surface area contributed by atoms with Crippen molar-refractivity contribution < 1.29 is 9.05 Å². The molecule has 20 heavy (non-hydrogen) atoms. The molecule has 0 aromatic heterocycles. The number of rotatable bonds is 5. The molecular formula is C17H17O2P. The van der Waals surface area contributed by atoms with Crippen LogP contribution in [0.15, 0.2) is 77.8 Å². The lowest BCUT2D eigenvalue weighted by molar-refractivity contribution is 0.501. The molecule has 0 fully saturated rings. The topological polar surface area (TPSA) is 18.5 Å². The molecular weight excluding hydrogens is 267 g/mol. The smallest absolute Gasteiger partial charge is 0.326 e. The van der Waals surface area contributed by atoms with E-state index in [9.17, 15) is 0 Å². The quantitative estimate of drug-likeness (QED) is 0.530. The standard InChI is InChI=1S/C17H17O2P/c1-15(2)13-14-20(18-16-9-5-3-6-10-16)19-17-11-7-4-8-12-17/h3-12,14H,1-2H3. The first-order valence-corrected chi connectivity index (χ1v) is 7.64. The van der Waals surface area contributed by atoms with Gasteiger partial charge in [0.15, 0.2) is 0 Å². The van der Waals surface area contributed by atoms with Gasteiger partial charge in [-0.1, -0.05) is 36.4 Å². The molecule has 0 heterocycles. The minimum atomic E-state index is -1.20. The van der Waals surface area contributed by atoms with Gasteiger partial charge in [0.2, 0.25) is 0 Å². The first-order valence-electron chi connectivity index (χ1n) is 6.39. The second kappa shape index (κ2) is 7.55. The van der Waals surface area contributed by atoms with Crippen molar-refractivity contribution in [1.29, 1.82) is 0 Å². The van der Waals surface area contributed by atoms with E-state index in [1.54, 1.807) is 0 Å². The highest BCUT2D eigenvalue weighted by atomic mass is 31.2. The Morgan fingerprint density at radius 3 is 1.70 bits per heavy atom. The fraction of sp³-hybridized carbons (Fsp3) is 0.118. The SMILES string of the molecule is CC(C)=C=CP(Oc1ccccc1)Oc1ccccc1. The van der Waals surface area contributed by atoms with Gasteiger partial charge in [0.05, 0.1) is 5.82 Å². The normalized spacial score (nSPS) is 9.75. The fourth-order valence-electron chi connectivity index (χ4n) is 1.42. The fourth-order valence-corrected chi connectivity index (χ4v) is 2.59. The van der Waals surface area contributed by atoms with E-state index in [0.29, 0.717) is 0 Å². The second-order valence-corrected chi connectivity index (χ2v) is 5.56. The predicted octanol–water partition coefficient (Wildman–Crippen LogP) is 5.54. The molecule has 102 valence electrons. The maximum atomic E-state index is 5.88. The average molecular weight is 284 g/mol. The van der Waals surface area contributed by atoms with Crippen LogP contribution in [0, 0.1) is 0 Å². The van der Waals surface area contributed by atoms with Crippen LogP contribution in [0.2, 0.25) is 0 Å². The van der Waals surface area contributed by atoms with E-state index in [1.165, 1.54) is 0 Å². The number of hydrogen-bond donors (Lipinski definition) is 0. The summed E-state index contributed by atoms with van der Waals surface area (Å²) in [5, 5.41) is 0. The third-order valence-corrected chi connectivity index (χ3v) is 3.46. The van der Waals surface area contributed by atoms with Crippen molar-refractivity contribution in [3.63, 3.8) is 0 Å². The molecule has 0 unspecified atom stereocenters. The predicted molar refractivity (Wildman–Crippen MR) is 84.0 cm³/mol. The molecule has 2 nitrogen and oxygen atoms in total. The molecule has 0 atom stereocenters. The molecule has 2 rings (SSSR count). The Balaban J connectivity index is 2.15. The molecule has 3 heteroatoms. The van der Waals surface area contributed by atoms with E-state index < -0.39 is 8.38 Å². The van der Waals surface area contributed by atoms with Crippen LogP contribution < -0.4 is 9.05 Å². The van der Waals surface area contributed by atoms with Crippen LogP contribution >= 0.6 is 8.38 Å². The van der Waals surface area contributed by atoms with Gasteiger partial charge in [0, 0.05) is 0 Å². The van der Waals surface area contributed by atoms with Gasteiger partial charge in [-0.05, 0) is 43.7 Å². The number of allylic oxidation sites excluding steroid dienone is 1. The summed E-state index contributed by atoms with van der Waals surface area (Å²) in [6.07, 6.45) is 0. The molecule has 0 amide bonds. The highest BCUT2D eigenvalue weighted by Crippen LogP contribution is 2.41. The van der Waals surface area contributed by atoms with Gasteiger partial charge in [-0.25, -0.2) is 0 Å². The van der Waals surface area contributed by atoms with E-state index >= 15 is 0 Å². The van der Waals surface area contributed by atoms with Gasteiger partial charge in [-0.3, -0.25) is 0 Å². The molecule has 0 aliphatic rings. The summed E-state index contributed by atoms with van der Waals surface area (Å²) in [5.41, 5.74) is 4.25. The summed E-state index contributed by atoms with van der Waals surface area (Å²) in [6, 6.07) is 19.3. The van der Waals surface area contributed by atoms with Gasteiger partial charge in [0.1, 0.15) is 11.5 Å². The van der Waals surface area contributed by atoms with Crippen LogP contribution in [0.1, 0.15) is 13.8 Å². The summed E-state index contributed by atoms with van der Waals surface area (Å²) in [7, 11) is -1.20. The van der Waals surface area contributed by atoms with Crippen LogP contribution in [-0.2, 0) is 0 Å². The summed E-state index contributed by atoms with van der Waals surface area (Å²) >= 11 is 0. The maximum Gasteiger partial charge on any atom is 0.326 e. The highest BCUT2D eigenvalue weighted by Gasteiger charge is 2.10. The minimum Gasteiger partial charge on any atom is -0.435 e. The lowest BCUT2D eigenvalue weighted by Crippen LogP contribution is -1.92. The van der Waals surface area contributed by atoms with Crippen LogP contribution in [0.5, 0.6) is 11.5 Å². The first kappa shape index (κ1) is 14.4. The first-order chi connectivity index (χ1) is 9.74. The van der Waals surface area contributed by atoms with Crippen LogP contribution in [0.25, 0.3) is 0 Å². The van der Waals surface area contributed by atoms with Gasteiger partial charge in [-0.2, -0.15) is 0 Å². The van der Waals surface area contributed by atoms with Crippen LogP contribution in [-0.4, -0.2) is 0 Å². The minimum absolute atomic E-state index is 0.793. The van der Waals surface area contributed by atoms with E-state index in [-0.39, 0.29) is 0 Å². The van der Waals surface area contributed by atoms with Gasteiger partial charge >= 0.3 is 8.38 Å².